The Morgan fingerprint density at radius 1 is 1.06 bits per heavy atom. The number of carbonyl (C=O) groups is 2. The first-order valence-corrected chi connectivity index (χ1v) is 11.0. The van der Waals surface area contributed by atoms with Crippen molar-refractivity contribution in [1.29, 1.82) is 0 Å². The molecule has 1 saturated heterocycles. The second kappa shape index (κ2) is 13.4. The van der Waals surface area contributed by atoms with Crippen molar-refractivity contribution in [3.8, 4) is 0 Å². The number of amides is 1. The molecule has 2 aromatic carbocycles. The van der Waals surface area contributed by atoms with Gasteiger partial charge >= 0.3 is 5.97 Å². The predicted molar refractivity (Wildman–Crippen MR) is 123 cm³/mol. The molecule has 4 rings (SSSR count). The minimum absolute atomic E-state index is 0.0408. The van der Waals surface area contributed by atoms with E-state index in [1.807, 2.05) is 59.5 Å². The first kappa shape index (κ1) is 25.2. The van der Waals surface area contributed by atoms with Crippen LogP contribution in [0.5, 0.6) is 0 Å². The van der Waals surface area contributed by atoms with Crippen LogP contribution in [0.1, 0.15) is 37.8 Å². The molecule has 7 heteroatoms. The SMILES string of the molecule is COC(C)=O.Clc1ccccc1.O=C1COCC(c2ccc(Cl)cc2)N1CC1CCC1. The summed E-state index contributed by atoms with van der Waals surface area (Å²) in [7, 11) is 1.35. The summed E-state index contributed by atoms with van der Waals surface area (Å²) in [6.07, 6.45) is 3.80. The minimum atomic E-state index is -0.245. The van der Waals surface area contributed by atoms with Crippen LogP contribution in [-0.2, 0) is 19.1 Å². The molecular formula is C24H29Cl2NO4. The van der Waals surface area contributed by atoms with Gasteiger partial charge in [-0.05, 0) is 48.6 Å². The Morgan fingerprint density at radius 3 is 2.10 bits per heavy atom. The van der Waals surface area contributed by atoms with Gasteiger partial charge in [0.05, 0.1) is 19.8 Å². The molecule has 0 bridgehead atoms. The molecule has 5 nitrogen and oxygen atoms in total. The zero-order valence-electron chi connectivity index (χ0n) is 17.9. The van der Waals surface area contributed by atoms with Crippen LogP contribution in [-0.4, -0.2) is 43.6 Å². The number of esters is 1. The fourth-order valence-electron chi connectivity index (χ4n) is 3.16. The monoisotopic (exact) mass is 465 g/mol. The molecular weight excluding hydrogens is 437 g/mol. The Hall–Kier alpha value is -2.08. The number of methoxy groups -OCH3 is 1. The van der Waals surface area contributed by atoms with Crippen LogP contribution in [0.3, 0.4) is 0 Å². The number of hydrogen-bond donors (Lipinski definition) is 0. The molecule has 1 aliphatic heterocycles. The van der Waals surface area contributed by atoms with Gasteiger partial charge in [0, 0.05) is 23.5 Å². The molecule has 168 valence electrons. The summed E-state index contributed by atoms with van der Waals surface area (Å²) in [5, 5.41) is 1.51. The van der Waals surface area contributed by atoms with Crippen molar-refractivity contribution in [3.63, 3.8) is 0 Å². The van der Waals surface area contributed by atoms with Gasteiger partial charge in [-0.15, -0.1) is 0 Å². The van der Waals surface area contributed by atoms with E-state index in [0.29, 0.717) is 12.5 Å². The zero-order valence-corrected chi connectivity index (χ0v) is 19.4. The average Bonchev–Trinajstić information content (AvgIpc) is 2.73. The Balaban J connectivity index is 0.000000234. The van der Waals surface area contributed by atoms with E-state index in [-0.39, 0.29) is 24.5 Å². The van der Waals surface area contributed by atoms with Gasteiger partial charge in [-0.3, -0.25) is 9.59 Å². The lowest BCUT2D eigenvalue weighted by Crippen LogP contribution is -2.47. The van der Waals surface area contributed by atoms with E-state index in [4.69, 9.17) is 27.9 Å². The molecule has 0 N–H and O–H groups in total. The molecule has 2 aromatic rings. The molecule has 1 unspecified atom stereocenters. The van der Waals surface area contributed by atoms with E-state index >= 15 is 0 Å². The number of nitrogens with zero attached hydrogens (tertiary/aromatic N) is 1. The summed E-state index contributed by atoms with van der Waals surface area (Å²) in [6, 6.07) is 17.2. The summed E-state index contributed by atoms with van der Waals surface area (Å²) < 4.78 is 9.53. The average molecular weight is 466 g/mol. The molecule has 1 atom stereocenters. The molecule has 0 radical (unpaired) electrons. The standard InChI is InChI=1S/C15H18ClNO2.C6H5Cl.C3H6O2/c16-13-6-4-12(5-7-13)14-9-19-10-15(18)17(14)8-11-2-1-3-11;7-6-4-2-1-3-5-6;1-3(4)5-2/h4-7,11,14H,1-3,8-10H2;1-5H;1-2H3. The first-order valence-electron chi connectivity index (χ1n) is 10.3. The Kier molecular flexibility index (Phi) is 10.9. The maximum atomic E-state index is 12.1. The van der Waals surface area contributed by atoms with Crippen LogP contribution < -0.4 is 0 Å². The van der Waals surface area contributed by atoms with E-state index in [9.17, 15) is 9.59 Å². The summed E-state index contributed by atoms with van der Waals surface area (Å²) in [5.41, 5.74) is 1.11. The van der Waals surface area contributed by atoms with E-state index in [1.54, 1.807) is 0 Å². The molecule has 1 amide bonds. The van der Waals surface area contributed by atoms with Crippen LogP contribution in [0.2, 0.25) is 10.0 Å². The third kappa shape index (κ3) is 8.90. The van der Waals surface area contributed by atoms with Crippen LogP contribution in [0, 0.1) is 5.92 Å². The van der Waals surface area contributed by atoms with E-state index in [1.165, 1.54) is 33.3 Å². The van der Waals surface area contributed by atoms with Gasteiger partial charge in [0.15, 0.2) is 0 Å². The van der Waals surface area contributed by atoms with Crippen molar-refractivity contribution < 1.29 is 19.1 Å². The Morgan fingerprint density at radius 2 is 1.65 bits per heavy atom. The first-order chi connectivity index (χ1) is 14.9. The predicted octanol–water partition coefficient (Wildman–Crippen LogP) is 5.56. The van der Waals surface area contributed by atoms with Crippen molar-refractivity contribution >= 4 is 35.1 Å². The molecule has 1 saturated carbocycles. The third-order valence-corrected chi connectivity index (χ3v) is 5.66. The fourth-order valence-corrected chi connectivity index (χ4v) is 3.43. The van der Waals surface area contributed by atoms with Gasteiger partial charge in [0.25, 0.3) is 0 Å². The van der Waals surface area contributed by atoms with Gasteiger partial charge < -0.3 is 14.4 Å². The molecule has 1 heterocycles. The number of carbonyl (C=O) groups excluding carboxylic acids is 2. The highest BCUT2D eigenvalue weighted by Crippen LogP contribution is 2.32. The second-order valence-corrected chi connectivity index (χ2v) is 8.29. The third-order valence-electron chi connectivity index (χ3n) is 5.15. The summed E-state index contributed by atoms with van der Waals surface area (Å²) in [6.45, 7) is 3.03. The van der Waals surface area contributed by atoms with Crippen molar-refractivity contribution in [2.24, 2.45) is 5.92 Å². The molecule has 31 heavy (non-hydrogen) atoms. The minimum Gasteiger partial charge on any atom is -0.469 e. The number of halogens is 2. The molecule has 2 fully saturated rings. The van der Waals surface area contributed by atoms with Crippen LogP contribution in [0.4, 0.5) is 0 Å². The van der Waals surface area contributed by atoms with E-state index < -0.39 is 0 Å². The number of morpholine rings is 1. The number of benzene rings is 2. The van der Waals surface area contributed by atoms with Crippen LogP contribution >= 0.6 is 23.2 Å². The molecule has 1 aliphatic carbocycles. The van der Waals surface area contributed by atoms with Crippen molar-refractivity contribution in [3.05, 3.63) is 70.2 Å². The maximum absolute atomic E-state index is 12.1. The quantitative estimate of drug-likeness (QED) is 0.556. The van der Waals surface area contributed by atoms with E-state index in [2.05, 4.69) is 4.74 Å². The maximum Gasteiger partial charge on any atom is 0.302 e. The Labute approximate surface area is 194 Å². The van der Waals surface area contributed by atoms with Crippen molar-refractivity contribution in [2.75, 3.05) is 26.9 Å². The second-order valence-electron chi connectivity index (χ2n) is 7.42. The van der Waals surface area contributed by atoms with Crippen LogP contribution in [0.15, 0.2) is 54.6 Å². The molecule has 2 aliphatic rings. The molecule has 0 spiro atoms. The highest BCUT2D eigenvalue weighted by molar-refractivity contribution is 6.30. The number of hydrogen-bond acceptors (Lipinski definition) is 4. The number of ether oxygens (including phenoxy) is 2. The van der Waals surface area contributed by atoms with Gasteiger partial charge in [-0.25, -0.2) is 0 Å². The van der Waals surface area contributed by atoms with Crippen LogP contribution in [0.25, 0.3) is 0 Å². The van der Waals surface area contributed by atoms with Crippen molar-refractivity contribution in [2.45, 2.75) is 32.2 Å². The highest BCUT2D eigenvalue weighted by Gasteiger charge is 2.33. The molecule has 0 aromatic heterocycles. The lowest BCUT2D eigenvalue weighted by Gasteiger charge is -2.40. The van der Waals surface area contributed by atoms with Gasteiger partial charge in [0.2, 0.25) is 5.91 Å². The van der Waals surface area contributed by atoms with Gasteiger partial charge in [-0.2, -0.15) is 0 Å². The largest absolute Gasteiger partial charge is 0.469 e. The Bertz CT molecular complexity index is 810. The summed E-state index contributed by atoms with van der Waals surface area (Å²) in [4.78, 5) is 23.7. The van der Waals surface area contributed by atoms with Gasteiger partial charge in [0.1, 0.15) is 6.61 Å². The normalized spacial score (nSPS) is 18.0. The van der Waals surface area contributed by atoms with Crippen molar-refractivity contribution in [1.82, 2.24) is 4.90 Å². The fraction of sp³-hybridized carbons (Fsp3) is 0.417. The van der Waals surface area contributed by atoms with Gasteiger partial charge in [-0.1, -0.05) is 60.0 Å². The number of rotatable bonds is 3. The lowest BCUT2D eigenvalue weighted by molar-refractivity contribution is -0.150. The van der Waals surface area contributed by atoms with E-state index in [0.717, 1.165) is 22.2 Å². The lowest BCUT2D eigenvalue weighted by atomic mass is 9.84. The topological polar surface area (TPSA) is 55.8 Å². The summed E-state index contributed by atoms with van der Waals surface area (Å²) in [5.74, 6) is 0.542. The smallest absolute Gasteiger partial charge is 0.302 e. The zero-order chi connectivity index (χ0) is 22.6. The highest BCUT2D eigenvalue weighted by atomic mass is 35.5. The summed E-state index contributed by atoms with van der Waals surface area (Å²) >= 11 is 11.5.